The maximum atomic E-state index is 4.57. The van der Waals surface area contributed by atoms with Gasteiger partial charge in [0, 0.05) is 23.5 Å². The van der Waals surface area contributed by atoms with Gasteiger partial charge in [-0.3, -0.25) is 0 Å². The van der Waals surface area contributed by atoms with Crippen molar-refractivity contribution < 1.29 is 21.1 Å². The Morgan fingerprint density at radius 2 is 1.12 bits per heavy atom. The molecular formula is C37H27N3Pt. The molecule has 1 aliphatic rings. The topological polar surface area (TPSA) is 29.0 Å². The first-order valence-corrected chi connectivity index (χ1v) is 13.5. The van der Waals surface area contributed by atoms with E-state index >= 15 is 0 Å². The van der Waals surface area contributed by atoms with Crippen LogP contribution in [0.4, 0.5) is 17.1 Å². The molecule has 0 unspecified atom stereocenters. The van der Waals surface area contributed by atoms with Crippen LogP contribution in [-0.4, -0.2) is 9.97 Å². The zero-order valence-corrected chi connectivity index (χ0v) is 25.1. The summed E-state index contributed by atoms with van der Waals surface area (Å²) >= 11 is 0. The van der Waals surface area contributed by atoms with Gasteiger partial charge in [-0.25, -0.2) is 0 Å². The molecule has 0 spiro atoms. The Morgan fingerprint density at radius 1 is 0.561 bits per heavy atom. The molecule has 4 aromatic carbocycles. The van der Waals surface area contributed by atoms with Crippen molar-refractivity contribution >= 4 is 17.1 Å². The van der Waals surface area contributed by atoms with E-state index in [2.05, 4.69) is 120 Å². The van der Waals surface area contributed by atoms with E-state index in [4.69, 9.17) is 0 Å². The van der Waals surface area contributed by atoms with E-state index in [0.29, 0.717) is 0 Å². The largest absolute Gasteiger partial charge is 2.00 e. The van der Waals surface area contributed by atoms with E-state index in [0.717, 1.165) is 39.6 Å². The maximum Gasteiger partial charge on any atom is 2.00 e. The van der Waals surface area contributed by atoms with Crippen molar-refractivity contribution in [1.82, 2.24) is 9.97 Å². The van der Waals surface area contributed by atoms with Gasteiger partial charge in [0.2, 0.25) is 0 Å². The summed E-state index contributed by atoms with van der Waals surface area (Å²) in [5.41, 5.74) is 11.7. The molecule has 0 saturated carbocycles. The predicted octanol–water partition coefficient (Wildman–Crippen LogP) is 9.18. The molecule has 4 heteroatoms. The summed E-state index contributed by atoms with van der Waals surface area (Å²) < 4.78 is 0. The monoisotopic (exact) mass is 708 g/mol. The summed E-state index contributed by atoms with van der Waals surface area (Å²) in [4.78, 5) is 11.4. The summed E-state index contributed by atoms with van der Waals surface area (Å²) in [6.45, 7) is 4.63. The molecule has 200 valence electrons. The predicted molar refractivity (Wildman–Crippen MR) is 163 cm³/mol. The van der Waals surface area contributed by atoms with Gasteiger partial charge in [0.15, 0.2) is 0 Å². The van der Waals surface area contributed by atoms with Gasteiger partial charge in [-0.15, -0.1) is 59.7 Å². The number of aromatic nitrogens is 2. The Morgan fingerprint density at radius 3 is 1.71 bits per heavy atom. The van der Waals surface area contributed by atoms with Crippen LogP contribution in [0.2, 0.25) is 0 Å². The Bertz CT molecular complexity index is 1750. The fourth-order valence-electron chi connectivity index (χ4n) is 5.76. The van der Waals surface area contributed by atoms with Gasteiger partial charge in [-0.05, 0) is 69.3 Å². The fourth-order valence-corrected chi connectivity index (χ4v) is 5.76. The minimum Gasteiger partial charge on any atom is -0.346 e. The minimum atomic E-state index is -0.105. The quantitative estimate of drug-likeness (QED) is 0.167. The molecule has 0 fully saturated rings. The third kappa shape index (κ3) is 4.81. The minimum absolute atomic E-state index is 0. The van der Waals surface area contributed by atoms with E-state index in [1.807, 2.05) is 48.8 Å². The van der Waals surface area contributed by atoms with E-state index in [1.165, 1.54) is 22.3 Å². The molecule has 0 amide bonds. The zero-order valence-electron chi connectivity index (χ0n) is 22.8. The van der Waals surface area contributed by atoms with Gasteiger partial charge in [-0.2, -0.15) is 0 Å². The normalized spacial score (nSPS) is 12.6. The standard InChI is InChI=1S/C37H27N3.Pt/c1-37(2)33-16-4-3-15-31(33)32-20-19-30(25-34(32)37)40(28-13-9-11-26(23-28)35-17-5-7-21-38-35)29-14-10-12-27(24-29)36-18-6-8-22-39-36;/h3-22,25H,1-2H3;/q-2;+2. The van der Waals surface area contributed by atoms with Crippen molar-refractivity contribution in [3.8, 4) is 33.6 Å². The second-order valence-electron chi connectivity index (χ2n) is 10.6. The first kappa shape index (κ1) is 26.9. The zero-order chi connectivity index (χ0) is 27.1. The first-order valence-electron chi connectivity index (χ1n) is 13.5. The van der Waals surface area contributed by atoms with Crippen molar-refractivity contribution in [3.05, 3.63) is 151 Å². The van der Waals surface area contributed by atoms with Crippen molar-refractivity contribution in [2.45, 2.75) is 19.3 Å². The summed E-state index contributed by atoms with van der Waals surface area (Å²) in [5, 5.41) is 0. The molecule has 0 atom stereocenters. The number of nitrogens with zero attached hydrogens (tertiary/aromatic N) is 3. The number of hydrogen-bond donors (Lipinski definition) is 0. The van der Waals surface area contributed by atoms with Crippen LogP contribution in [-0.2, 0) is 26.5 Å². The molecule has 2 heterocycles. The molecule has 0 bridgehead atoms. The summed E-state index contributed by atoms with van der Waals surface area (Å²) in [5.74, 6) is 0. The molecule has 0 saturated heterocycles. The van der Waals surface area contributed by atoms with Crippen LogP contribution >= 0.6 is 0 Å². The van der Waals surface area contributed by atoms with Crippen molar-refractivity contribution in [2.75, 3.05) is 4.90 Å². The second-order valence-corrected chi connectivity index (χ2v) is 10.6. The SMILES string of the molecule is CC1(C)c2ccccc2-c2ccc(N(c3[c-]c(-c4ccccn4)ccc3)c3[c-]c(-c4ccccn4)ccc3)cc21.[Pt+2]. The van der Waals surface area contributed by atoms with Crippen LogP contribution in [0.1, 0.15) is 25.0 Å². The van der Waals surface area contributed by atoms with Gasteiger partial charge < -0.3 is 14.9 Å². The molecular weight excluding hydrogens is 682 g/mol. The number of rotatable bonds is 5. The average Bonchev–Trinajstić information content (AvgIpc) is 3.25. The number of fused-ring (bicyclic) bond motifs is 3. The van der Waals surface area contributed by atoms with Crippen molar-refractivity contribution in [3.63, 3.8) is 0 Å². The van der Waals surface area contributed by atoms with E-state index in [1.54, 1.807) is 0 Å². The van der Waals surface area contributed by atoms with Crippen molar-refractivity contribution in [1.29, 1.82) is 0 Å². The molecule has 2 aromatic heterocycles. The Labute approximate surface area is 255 Å². The number of hydrogen-bond acceptors (Lipinski definition) is 3. The summed E-state index contributed by atoms with van der Waals surface area (Å²) in [6, 6.07) is 47.2. The Balaban J connectivity index is 0.00000302. The first-order chi connectivity index (χ1) is 19.6. The van der Waals surface area contributed by atoms with Crippen LogP contribution in [0, 0.1) is 12.1 Å². The van der Waals surface area contributed by atoms with Crippen molar-refractivity contribution in [2.24, 2.45) is 0 Å². The third-order valence-electron chi connectivity index (χ3n) is 7.75. The van der Waals surface area contributed by atoms with Crippen LogP contribution < -0.4 is 4.90 Å². The Hall–Kier alpha value is -4.33. The molecule has 1 aliphatic carbocycles. The van der Waals surface area contributed by atoms with Gasteiger partial charge in [-0.1, -0.05) is 68.4 Å². The number of pyridine rings is 2. The van der Waals surface area contributed by atoms with Crippen LogP contribution in [0.5, 0.6) is 0 Å². The maximum absolute atomic E-state index is 4.57. The summed E-state index contributed by atoms with van der Waals surface area (Å²) in [7, 11) is 0. The fraction of sp³-hybridized carbons (Fsp3) is 0.0811. The molecule has 0 N–H and O–H groups in total. The van der Waals surface area contributed by atoms with Gasteiger partial charge >= 0.3 is 21.1 Å². The second kappa shape index (κ2) is 10.9. The molecule has 7 rings (SSSR count). The average molecular weight is 709 g/mol. The third-order valence-corrected chi connectivity index (χ3v) is 7.75. The molecule has 41 heavy (non-hydrogen) atoms. The van der Waals surface area contributed by atoms with E-state index in [-0.39, 0.29) is 26.5 Å². The van der Waals surface area contributed by atoms with Gasteiger partial charge in [0.05, 0.1) is 0 Å². The summed E-state index contributed by atoms with van der Waals surface area (Å²) in [6.07, 6.45) is 3.63. The molecule has 0 aliphatic heterocycles. The number of anilines is 3. The van der Waals surface area contributed by atoms with Gasteiger partial charge in [0.25, 0.3) is 0 Å². The molecule has 3 nitrogen and oxygen atoms in total. The van der Waals surface area contributed by atoms with Crippen LogP contribution in [0.3, 0.4) is 0 Å². The molecule has 6 aromatic rings. The molecule has 0 radical (unpaired) electrons. The van der Waals surface area contributed by atoms with Gasteiger partial charge in [0.1, 0.15) is 0 Å². The van der Waals surface area contributed by atoms with Crippen LogP contribution in [0.15, 0.2) is 128 Å². The Kier molecular flexibility index (Phi) is 7.15. The smallest absolute Gasteiger partial charge is 0.346 e. The van der Waals surface area contributed by atoms with E-state index in [9.17, 15) is 0 Å². The van der Waals surface area contributed by atoms with E-state index < -0.39 is 0 Å². The van der Waals surface area contributed by atoms with Crippen LogP contribution in [0.25, 0.3) is 33.6 Å². The number of benzene rings is 4.